The van der Waals surface area contributed by atoms with Crippen LogP contribution in [-0.4, -0.2) is 12.6 Å². The maximum atomic E-state index is 3.76. The average molecular weight is 215 g/mol. The summed E-state index contributed by atoms with van der Waals surface area (Å²) >= 11 is 0. The van der Waals surface area contributed by atoms with Crippen LogP contribution < -0.4 is 5.32 Å². The lowest BCUT2D eigenvalue weighted by Gasteiger charge is -2.22. The van der Waals surface area contributed by atoms with E-state index < -0.39 is 0 Å². The van der Waals surface area contributed by atoms with Crippen LogP contribution in [0.15, 0.2) is 30.3 Å². The molecular formula is C15H21N. The zero-order valence-electron chi connectivity index (χ0n) is 9.86. The molecule has 3 atom stereocenters. The van der Waals surface area contributed by atoms with Gasteiger partial charge in [-0.15, -0.1) is 0 Å². The quantitative estimate of drug-likeness (QED) is 0.814. The van der Waals surface area contributed by atoms with E-state index in [2.05, 4.69) is 35.6 Å². The molecular weight excluding hydrogens is 194 g/mol. The van der Waals surface area contributed by atoms with Crippen molar-refractivity contribution in [3.05, 3.63) is 35.9 Å². The third-order valence-electron chi connectivity index (χ3n) is 4.40. The molecule has 0 unspecified atom stereocenters. The second-order valence-electron chi connectivity index (χ2n) is 5.47. The Morgan fingerprint density at radius 2 is 1.94 bits per heavy atom. The summed E-state index contributed by atoms with van der Waals surface area (Å²) in [6.07, 6.45) is 7.10. The fourth-order valence-electron chi connectivity index (χ4n) is 3.54. The monoisotopic (exact) mass is 215 g/mol. The highest BCUT2D eigenvalue weighted by Gasteiger charge is 2.38. The molecule has 0 aromatic heterocycles. The van der Waals surface area contributed by atoms with Crippen molar-refractivity contribution in [1.82, 2.24) is 5.32 Å². The van der Waals surface area contributed by atoms with Crippen molar-refractivity contribution < 1.29 is 0 Å². The van der Waals surface area contributed by atoms with Crippen molar-refractivity contribution in [2.24, 2.45) is 11.8 Å². The molecule has 1 aromatic rings. The highest BCUT2D eigenvalue weighted by molar-refractivity contribution is 5.14. The average Bonchev–Trinajstić information content (AvgIpc) is 2.92. The van der Waals surface area contributed by atoms with Gasteiger partial charge in [0.1, 0.15) is 0 Å². The molecule has 3 rings (SSSR count). The lowest BCUT2D eigenvalue weighted by atomic mass is 9.95. The summed E-state index contributed by atoms with van der Waals surface area (Å²) in [6.45, 7) is 1.15. The molecule has 16 heavy (non-hydrogen) atoms. The Morgan fingerprint density at radius 1 is 1.06 bits per heavy atom. The molecule has 0 aliphatic heterocycles. The van der Waals surface area contributed by atoms with E-state index in [-0.39, 0.29) is 0 Å². The summed E-state index contributed by atoms with van der Waals surface area (Å²) in [4.78, 5) is 0. The van der Waals surface area contributed by atoms with Crippen molar-refractivity contribution in [3.8, 4) is 0 Å². The SMILES string of the molecule is c1ccc(CCN[C@H]2C[C@H]3CC[C@@H]2C3)cc1. The summed E-state index contributed by atoms with van der Waals surface area (Å²) in [5, 5.41) is 3.76. The maximum absolute atomic E-state index is 3.76. The topological polar surface area (TPSA) is 12.0 Å². The van der Waals surface area contributed by atoms with Crippen LogP contribution in [0.2, 0.25) is 0 Å². The van der Waals surface area contributed by atoms with Crippen LogP contribution in [0.4, 0.5) is 0 Å². The van der Waals surface area contributed by atoms with E-state index in [0.29, 0.717) is 0 Å². The van der Waals surface area contributed by atoms with E-state index >= 15 is 0 Å². The van der Waals surface area contributed by atoms with Gasteiger partial charge in [0.05, 0.1) is 0 Å². The second kappa shape index (κ2) is 4.58. The minimum atomic E-state index is 0.836. The fourth-order valence-corrected chi connectivity index (χ4v) is 3.54. The molecule has 0 spiro atoms. The van der Waals surface area contributed by atoms with Crippen LogP contribution in [0.1, 0.15) is 31.2 Å². The van der Waals surface area contributed by atoms with Gasteiger partial charge >= 0.3 is 0 Å². The summed E-state index contributed by atoms with van der Waals surface area (Å²) in [5.41, 5.74) is 1.46. The zero-order chi connectivity index (χ0) is 10.8. The Labute approximate surface area is 98.3 Å². The Morgan fingerprint density at radius 3 is 2.62 bits per heavy atom. The zero-order valence-corrected chi connectivity index (χ0v) is 9.86. The summed E-state index contributed by atoms with van der Waals surface area (Å²) in [5.74, 6) is 2.06. The molecule has 0 amide bonds. The van der Waals surface area contributed by atoms with E-state index in [0.717, 1.165) is 24.4 Å². The molecule has 0 saturated heterocycles. The van der Waals surface area contributed by atoms with Crippen molar-refractivity contribution in [2.45, 2.75) is 38.1 Å². The molecule has 0 radical (unpaired) electrons. The highest BCUT2D eigenvalue weighted by atomic mass is 14.9. The Bertz CT molecular complexity index is 333. The number of nitrogens with one attached hydrogen (secondary N) is 1. The maximum Gasteiger partial charge on any atom is 0.00981 e. The highest BCUT2D eigenvalue weighted by Crippen LogP contribution is 2.44. The summed E-state index contributed by atoms with van der Waals surface area (Å²) in [6, 6.07) is 11.6. The van der Waals surface area contributed by atoms with Gasteiger partial charge in [-0.1, -0.05) is 36.8 Å². The van der Waals surface area contributed by atoms with Gasteiger partial charge in [-0.3, -0.25) is 0 Å². The molecule has 2 bridgehead atoms. The smallest absolute Gasteiger partial charge is 0.00981 e. The Balaban J connectivity index is 1.44. The minimum Gasteiger partial charge on any atom is -0.313 e. The molecule has 1 aromatic carbocycles. The van der Waals surface area contributed by atoms with E-state index in [1.165, 1.54) is 37.7 Å². The molecule has 86 valence electrons. The van der Waals surface area contributed by atoms with Crippen molar-refractivity contribution in [3.63, 3.8) is 0 Å². The van der Waals surface area contributed by atoms with Gasteiger partial charge in [0.15, 0.2) is 0 Å². The summed E-state index contributed by atoms with van der Waals surface area (Å²) in [7, 11) is 0. The van der Waals surface area contributed by atoms with Crippen molar-refractivity contribution in [1.29, 1.82) is 0 Å². The molecule has 1 N–H and O–H groups in total. The molecule has 0 heterocycles. The van der Waals surface area contributed by atoms with E-state index in [4.69, 9.17) is 0 Å². The molecule has 2 aliphatic carbocycles. The van der Waals surface area contributed by atoms with Crippen LogP contribution in [0.5, 0.6) is 0 Å². The number of rotatable bonds is 4. The first-order chi connectivity index (χ1) is 7.92. The van der Waals surface area contributed by atoms with Crippen LogP contribution >= 0.6 is 0 Å². The number of fused-ring (bicyclic) bond motifs is 2. The second-order valence-corrected chi connectivity index (χ2v) is 5.47. The Kier molecular flexibility index (Phi) is 2.96. The van der Waals surface area contributed by atoms with Crippen molar-refractivity contribution in [2.75, 3.05) is 6.54 Å². The minimum absolute atomic E-state index is 0.836. The number of benzene rings is 1. The van der Waals surface area contributed by atoms with Gasteiger partial charge in [-0.25, -0.2) is 0 Å². The fraction of sp³-hybridized carbons (Fsp3) is 0.600. The predicted octanol–water partition coefficient (Wildman–Crippen LogP) is 3.01. The first-order valence-electron chi connectivity index (χ1n) is 6.69. The first kappa shape index (κ1) is 10.3. The third kappa shape index (κ3) is 2.15. The van der Waals surface area contributed by atoms with Crippen LogP contribution in [0, 0.1) is 11.8 Å². The molecule has 1 heteroatoms. The number of hydrogen-bond acceptors (Lipinski definition) is 1. The third-order valence-corrected chi connectivity index (χ3v) is 4.40. The predicted molar refractivity (Wildman–Crippen MR) is 67.4 cm³/mol. The van der Waals surface area contributed by atoms with Gasteiger partial charge in [0.2, 0.25) is 0 Å². The lowest BCUT2D eigenvalue weighted by molar-refractivity contribution is 0.354. The van der Waals surface area contributed by atoms with Crippen LogP contribution in [0.3, 0.4) is 0 Å². The molecule has 2 aliphatic rings. The first-order valence-corrected chi connectivity index (χ1v) is 6.69. The number of hydrogen-bond donors (Lipinski definition) is 1. The van der Waals surface area contributed by atoms with E-state index in [1.54, 1.807) is 0 Å². The van der Waals surface area contributed by atoms with Crippen molar-refractivity contribution >= 4 is 0 Å². The van der Waals surface area contributed by atoms with Crippen LogP contribution in [0.25, 0.3) is 0 Å². The summed E-state index contributed by atoms with van der Waals surface area (Å²) < 4.78 is 0. The molecule has 2 saturated carbocycles. The van der Waals surface area contributed by atoms with E-state index in [1.807, 2.05) is 0 Å². The van der Waals surface area contributed by atoms with Gasteiger partial charge in [-0.05, 0) is 49.6 Å². The molecule has 2 fully saturated rings. The normalized spacial score (nSPS) is 32.1. The van der Waals surface area contributed by atoms with Gasteiger partial charge in [0.25, 0.3) is 0 Å². The van der Waals surface area contributed by atoms with Crippen LogP contribution in [-0.2, 0) is 6.42 Å². The lowest BCUT2D eigenvalue weighted by Crippen LogP contribution is -2.35. The van der Waals surface area contributed by atoms with Gasteiger partial charge < -0.3 is 5.32 Å². The Hall–Kier alpha value is -0.820. The largest absolute Gasteiger partial charge is 0.313 e. The standard InChI is InChI=1S/C15H21N/c1-2-4-12(5-3-1)8-9-16-15-11-13-6-7-14(15)10-13/h1-5,13-16H,6-11H2/t13-,14+,15-/m0/s1. The molecule has 1 nitrogen and oxygen atoms in total. The van der Waals surface area contributed by atoms with E-state index in [9.17, 15) is 0 Å². The van der Waals surface area contributed by atoms with Gasteiger partial charge in [-0.2, -0.15) is 0 Å². The van der Waals surface area contributed by atoms with Gasteiger partial charge in [0, 0.05) is 6.04 Å².